The van der Waals surface area contributed by atoms with Crippen molar-refractivity contribution >= 4 is 45.6 Å². The van der Waals surface area contributed by atoms with Crippen LogP contribution in [-0.4, -0.2) is 136 Å². The number of nitrogens with zero attached hydrogens (tertiary/aromatic N) is 7. The smallest absolute Gasteiger partial charge is 0.275 e. The van der Waals surface area contributed by atoms with Gasteiger partial charge in [-0.1, -0.05) is 12.2 Å². The molecule has 11 rings (SSSR count). The minimum Gasteiger partial charge on any atom is -0.389 e. The highest BCUT2D eigenvalue weighted by molar-refractivity contribution is 5.99. The first kappa shape index (κ1) is 44.6. The molecule has 0 saturated carbocycles. The van der Waals surface area contributed by atoms with Gasteiger partial charge in [0.05, 0.1) is 42.0 Å². The van der Waals surface area contributed by atoms with E-state index in [2.05, 4.69) is 93.9 Å². The lowest BCUT2D eigenvalue weighted by Crippen LogP contribution is -2.69. The molecule has 2 bridgehead atoms. The summed E-state index contributed by atoms with van der Waals surface area (Å²) in [4.78, 5) is 59.0. The zero-order chi connectivity index (χ0) is 45.9. The highest BCUT2D eigenvalue weighted by atomic mass is 16.3. The number of anilines is 3. The lowest BCUT2D eigenvalue weighted by atomic mass is 9.71. The summed E-state index contributed by atoms with van der Waals surface area (Å²) in [5, 5.41) is 38.3. The van der Waals surface area contributed by atoms with Crippen LogP contribution in [0.2, 0.25) is 0 Å². The molecule has 0 radical (unpaired) electrons. The van der Waals surface area contributed by atoms with E-state index in [0.29, 0.717) is 36.4 Å². The van der Waals surface area contributed by atoms with E-state index >= 15 is 0 Å². The molecule has 7 atom stereocenters. The number of nitrogens with one attached hydrogen (secondary N) is 5. The molecule has 9 heterocycles. The van der Waals surface area contributed by atoms with Gasteiger partial charge >= 0.3 is 0 Å². The maximum absolute atomic E-state index is 13.8. The van der Waals surface area contributed by atoms with Gasteiger partial charge in [-0.3, -0.25) is 45.5 Å². The van der Waals surface area contributed by atoms with E-state index in [0.717, 1.165) is 81.7 Å². The zero-order valence-corrected chi connectivity index (χ0v) is 38.9. The molecule has 1 spiro atoms. The van der Waals surface area contributed by atoms with Crippen molar-refractivity contribution < 1.29 is 19.5 Å². The molecule has 17 nitrogen and oxygen atoms in total. The third-order valence-corrected chi connectivity index (χ3v) is 17.0. The first-order chi connectivity index (χ1) is 32.5. The van der Waals surface area contributed by atoms with E-state index < -0.39 is 17.6 Å². The fourth-order valence-electron chi connectivity index (χ4n) is 12.7. The number of hydrogen-bond donors (Lipinski definition) is 6. The summed E-state index contributed by atoms with van der Waals surface area (Å²) >= 11 is 0. The molecule has 17 heteroatoms. The summed E-state index contributed by atoms with van der Waals surface area (Å²) in [6.07, 6.45) is 17.5. The van der Waals surface area contributed by atoms with Crippen LogP contribution in [0.5, 0.6) is 0 Å². The molecule has 7 fully saturated rings. The Kier molecular flexibility index (Phi) is 12.1. The van der Waals surface area contributed by atoms with Crippen molar-refractivity contribution in [1.82, 2.24) is 46.0 Å². The predicted molar refractivity (Wildman–Crippen MR) is 257 cm³/mol. The van der Waals surface area contributed by atoms with E-state index in [1.54, 1.807) is 6.20 Å². The highest BCUT2D eigenvalue weighted by Crippen LogP contribution is 2.43. The van der Waals surface area contributed by atoms with Crippen molar-refractivity contribution in [2.75, 3.05) is 67.5 Å². The second-order valence-electron chi connectivity index (χ2n) is 21.0. The monoisotopic (exact) mass is 917 g/mol. The van der Waals surface area contributed by atoms with Gasteiger partial charge in [0, 0.05) is 73.7 Å². The molecule has 358 valence electrons. The number of carbonyl (C=O) groups excluding carboxylic acids is 3. The maximum Gasteiger partial charge on any atom is 0.275 e. The van der Waals surface area contributed by atoms with Crippen LogP contribution in [0.4, 0.5) is 17.1 Å². The Morgan fingerprint density at radius 3 is 2.33 bits per heavy atom. The Hall–Kier alpha value is -4.91. The standard InChI is InChI=1S/C50H68N12O5/c1-49(67)18-3-2-4-23-60-46(65)39-32-51-48(56-44(39)62(60)42-7-5-6-41(49)54-42)53-34-8-10-35(11-9-34)57-24-16-36(17-25-57)58-26-19-50(20-27-58)21-28-59(29-22-50)37-12-13-38-33(30-37)31-52-61(47(38)66)40-14-15-43(63)55-45(40)64/h2,4,8-13,30-31,36,39-42,44,48,51,53-54,56,67H,3,5-7,14-29,32H2,1H3,(H,55,63,64)/b4-2-/t39?,40?,41?,42?,44?,48?,49-/m1/s1. The van der Waals surface area contributed by atoms with Crippen LogP contribution < -0.4 is 41.9 Å². The fraction of sp³-hybridized carbons (Fsp3) is 0.620. The van der Waals surface area contributed by atoms with Gasteiger partial charge in [0.15, 0.2) is 0 Å². The van der Waals surface area contributed by atoms with E-state index in [9.17, 15) is 24.3 Å². The van der Waals surface area contributed by atoms with Gasteiger partial charge < -0.3 is 25.1 Å². The molecule has 1 aromatic heterocycles. The number of benzene rings is 2. The third-order valence-electron chi connectivity index (χ3n) is 17.0. The van der Waals surface area contributed by atoms with Crippen molar-refractivity contribution in [3.05, 3.63) is 71.2 Å². The molecule has 8 aliphatic heterocycles. The number of allylic oxidation sites excluding steroid dienone is 1. The van der Waals surface area contributed by atoms with E-state index in [1.807, 2.05) is 24.1 Å². The summed E-state index contributed by atoms with van der Waals surface area (Å²) in [6.45, 7) is 9.49. The zero-order valence-electron chi connectivity index (χ0n) is 38.9. The number of imide groups is 1. The van der Waals surface area contributed by atoms with Crippen molar-refractivity contribution in [2.45, 2.75) is 133 Å². The number of rotatable bonds is 6. The molecule has 3 amide bonds. The number of aromatic nitrogens is 2. The molecule has 6 N–H and O–H groups in total. The Balaban J connectivity index is 0.645. The Labute approximate surface area is 392 Å². The fourth-order valence-corrected chi connectivity index (χ4v) is 12.7. The minimum atomic E-state index is -0.806. The van der Waals surface area contributed by atoms with Gasteiger partial charge in [-0.25, -0.2) is 4.68 Å². The molecular weight excluding hydrogens is 849 g/mol. The lowest BCUT2D eigenvalue weighted by Gasteiger charge is -2.50. The van der Waals surface area contributed by atoms with Crippen molar-refractivity contribution in [1.29, 1.82) is 0 Å². The number of piperidine rings is 5. The number of hydrogen-bond acceptors (Lipinski definition) is 14. The number of aliphatic hydroxyl groups is 1. The molecule has 0 aliphatic carbocycles. The van der Waals surface area contributed by atoms with E-state index in [1.165, 1.54) is 48.9 Å². The minimum absolute atomic E-state index is 0.0178. The average Bonchev–Trinajstić information content (AvgIpc) is 3.61. The first-order valence-corrected chi connectivity index (χ1v) is 25.2. The van der Waals surface area contributed by atoms with Gasteiger partial charge in [-0.2, -0.15) is 10.1 Å². The topological polar surface area (TPSA) is 183 Å². The number of hydrazine groups is 1. The summed E-state index contributed by atoms with van der Waals surface area (Å²) in [5.41, 5.74) is 2.66. The summed E-state index contributed by atoms with van der Waals surface area (Å²) < 4.78 is 1.23. The van der Waals surface area contributed by atoms with Crippen LogP contribution in [0.25, 0.3) is 10.8 Å². The predicted octanol–water partition coefficient (Wildman–Crippen LogP) is 3.18. The van der Waals surface area contributed by atoms with Crippen LogP contribution in [0, 0.1) is 11.3 Å². The van der Waals surface area contributed by atoms with Gasteiger partial charge in [0.25, 0.3) is 11.5 Å². The van der Waals surface area contributed by atoms with Gasteiger partial charge in [-0.05, 0) is 145 Å². The first-order valence-electron chi connectivity index (χ1n) is 25.2. The quantitative estimate of drug-likeness (QED) is 0.157. The molecule has 3 aromatic rings. The van der Waals surface area contributed by atoms with Crippen LogP contribution in [0.1, 0.15) is 96.4 Å². The largest absolute Gasteiger partial charge is 0.389 e. The van der Waals surface area contributed by atoms with Gasteiger partial charge in [-0.15, -0.1) is 0 Å². The lowest BCUT2D eigenvalue weighted by molar-refractivity contribution is -0.146. The number of carbonyl (C=O) groups is 3. The second-order valence-corrected chi connectivity index (χ2v) is 21.0. The van der Waals surface area contributed by atoms with E-state index in [-0.39, 0.29) is 60.8 Å². The average molecular weight is 917 g/mol. The second kappa shape index (κ2) is 18.2. The normalized spacial score (nSPS) is 32.7. The Morgan fingerprint density at radius 2 is 1.55 bits per heavy atom. The van der Waals surface area contributed by atoms with Crippen molar-refractivity contribution in [3.63, 3.8) is 0 Å². The summed E-state index contributed by atoms with van der Waals surface area (Å²) in [5.74, 6) is -0.841. The van der Waals surface area contributed by atoms with Crippen molar-refractivity contribution in [3.8, 4) is 0 Å². The Morgan fingerprint density at radius 1 is 0.806 bits per heavy atom. The van der Waals surface area contributed by atoms with Crippen molar-refractivity contribution in [2.24, 2.45) is 11.3 Å². The van der Waals surface area contributed by atoms with Crippen LogP contribution in [-0.2, 0) is 14.4 Å². The molecular formula is C50H68N12O5. The highest BCUT2D eigenvalue weighted by Gasteiger charge is 2.53. The number of amides is 3. The van der Waals surface area contributed by atoms with Crippen LogP contribution in [0.3, 0.4) is 0 Å². The molecule has 8 aliphatic rings. The summed E-state index contributed by atoms with van der Waals surface area (Å²) in [7, 11) is 0. The van der Waals surface area contributed by atoms with E-state index in [4.69, 9.17) is 0 Å². The summed E-state index contributed by atoms with van der Waals surface area (Å²) in [6, 6.07) is 14.6. The van der Waals surface area contributed by atoms with Gasteiger partial charge in [0.1, 0.15) is 12.3 Å². The molecule has 6 unspecified atom stereocenters. The molecule has 2 aromatic carbocycles. The molecule has 7 saturated heterocycles. The Bertz CT molecular complexity index is 2420. The SMILES string of the molecule is C[C@@]1(O)CC/C=C\CN2C(=O)C3CNC(Nc4ccc(N5CCC(N6CCC7(CCN(c8ccc9c(=O)n(C%10CCC(=O)NC%10=O)ncc9c8)CC7)CC6)CC5)cc4)NC3N2C2CCCC1N2. The number of fused-ring (bicyclic) bond motifs is 7. The third kappa shape index (κ3) is 8.75. The maximum atomic E-state index is 13.8. The number of likely N-dealkylation sites (tertiary alicyclic amines) is 1. The van der Waals surface area contributed by atoms with Crippen LogP contribution >= 0.6 is 0 Å². The molecule has 67 heavy (non-hydrogen) atoms. The van der Waals surface area contributed by atoms with Crippen LogP contribution in [0.15, 0.2) is 65.6 Å². The van der Waals surface area contributed by atoms with Gasteiger partial charge in [0.2, 0.25) is 11.8 Å².